The summed E-state index contributed by atoms with van der Waals surface area (Å²) in [5, 5.41) is 9.33. The maximum atomic E-state index is 9.33. The number of hydrogen-bond donors (Lipinski definition) is 1. The molecule has 0 radical (unpaired) electrons. The Balaban J connectivity index is 2.71. The molecule has 0 fully saturated rings. The molecule has 1 N–H and O–H groups in total. The fourth-order valence-corrected chi connectivity index (χ4v) is 1.25. The van der Waals surface area contributed by atoms with E-state index in [0.29, 0.717) is 0 Å². The van der Waals surface area contributed by atoms with E-state index in [1.807, 2.05) is 19.2 Å². The van der Waals surface area contributed by atoms with Gasteiger partial charge in [-0.05, 0) is 12.5 Å². The Morgan fingerprint density at radius 1 is 1.64 bits per heavy atom. The van der Waals surface area contributed by atoms with E-state index in [1.54, 1.807) is 6.82 Å². The van der Waals surface area contributed by atoms with Gasteiger partial charge in [0.25, 0.3) is 0 Å². The van der Waals surface area contributed by atoms with E-state index in [1.165, 1.54) is 0 Å². The Bertz CT molecular complexity index is 187. The largest absolute Gasteiger partial charge is 0.446 e. The molecule has 0 amide bonds. The average Bonchev–Trinajstić information content (AvgIpc) is 2.13. The van der Waals surface area contributed by atoms with E-state index in [2.05, 4.69) is 11.0 Å². The molecule has 0 bridgehead atoms. The summed E-state index contributed by atoms with van der Waals surface area (Å²) in [7, 11) is 2.01. The monoisotopic (exact) mass is 151 g/mol. The molecular weight excluding hydrogens is 137 g/mol. The van der Waals surface area contributed by atoms with Crippen LogP contribution >= 0.6 is 0 Å². The number of allylic oxidation sites excluding steroid dienone is 2. The summed E-state index contributed by atoms with van der Waals surface area (Å²) in [6.45, 7) is 2.43. The van der Waals surface area contributed by atoms with Gasteiger partial charge in [0.1, 0.15) is 0 Å². The van der Waals surface area contributed by atoms with Crippen LogP contribution in [0, 0.1) is 0 Å². The third kappa shape index (κ3) is 2.12. The van der Waals surface area contributed by atoms with Gasteiger partial charge in [0, 0.05) is 19.2 Å². The second-order valence-electron chi connectivity index (χ2n) is 2.91. The van der Waals surface area contributed by atoms with Crippen LogP contribution in [0.2, 0.25) is 6.82 Å². The van der Waals surface area contributed by atoms with E-state index in [0.717, 1.165) is 18.6 Å². The van der Waals surface area contributed by atoms with Gasteiger partial charge in [0.05, 0.1) is 0 Å². The van der Waals surface area contributed by atoms with E-state index in [4.69, 9.17) is 0 Å². The topological polar surface area (TPSA) is 23.5 Å². The zero-order chi connectivity index (χ0) is 8.27. The molecule has 11 heavy (non-hydrogen) atoms. The van der Waals surface area contributed by atoms with Crippen LogP contribution in [0.5, 0.6) is 0 Å². The van der Waals surface area contributed by atoms with Crippen LogP contribution < -0.4 is 0 Å². The van der Waals surface area contributed by atoms with Crippen LogP contribution in [0.15, 0.2) is 23.8 Å². The summed E-state index contributed by atoms with van der Waals surface area (Å²) in [5.74, 6) is 0. The van der Waals surface area contributed by atoms with Gasteiger partial charge < -0.3 is 9.92 Å². The van der Waals surface area contributed by atoms with Crippen LogP contribution in [0.4, 0.5) is 0 Å². The fraction of sp³-hybridized carbons (Fsp3) is 0.500. The van der Waals surface area contributed by atoms with Gasteiger partial charge in [-0.1, -0.05) is 19.0 Å². The van der Waals surface area contributed by atoms with Crippen molar-refractivity contribution in [2.45, 2.75) is 13.2 Å². The van der Waals surface area contributed by atoms with Crippen molar-refractivity contribution < 1.29 is 5.02 Å². The quantitative estimate of drug-likeness (QED) is 0.563. The Hall–Kier alpha value is -0.695. The van der Waals surface area contributed by atoms with Gasteiger partial charge >= 0.3 is 6.92 Å². The predicted molar refractivity (Wildman–Crippen MR) is 48.3 cm³/mol. The fourth-order valence-electron chi connectivity index (χ4n) is 1.25. The van der Waals surface area contributed by atoms with Gasteiger partial charge in [-0.2, -0.15) is 0 Å². The van der Waals surface area contributed by atoms with Crippen LogP contribution in [-0.4, -0.2) is 30.4 Å². The maximum Gasteiger partial charge on any atom is 0.337 e. The molecule has 1 rings (SSSR count). The summed E-state index contributed by atoms with van der Waals surface area (Å²) in [6.07, 6.45) is 7.15. The number of hydrogen-bond acceptors (Lipinski definition) is 2. The summed E-state index contributed by atoms with van der Waals surface area (Å²) in [4.78, 5) is 2.09. The molecule has 0 unspecified atom stereocenters. The molecule has 0 aromatic heterocycles. The van der Waals surface area contributed by atoms with Crippen molar-refractivity contribution in [3.8, 4) is 0 Å². The molecule has 0 atom stereocenters. The summed E-state index contributed by atoms with van der Waals surface area (Å²) < 4.78 is 0. The van der Waals surface area contributed by atoms with Crippen molar-refractivity contribution in [3.63, 3.8) is 0 Å². The summed E-state index contributed by atoms with van der Waals surface area (Å²) in [6, 6.07) is 0. The first-order chi connectivity index (χ1) is 5.22. The molecule has 1 heterocycles. The number of nitrogens with zero attached hydrogens (tertiary/aromatic N) is 1. The van der Waals surface area contributed by atoms with Crippen molar-refractivity contribution in [3.05, 3.63) is 23.8 Å². The van der Waals surface area contributed by atoms with E-state index < -0.39 is 0 Å². The van der Waals surface area contributed by atoms with E-state index >= 15 is 0 Å². The average molecular weight is 151 g/mol. The van der Waals surface area contributed by atoms with E-state index in [-0.39, 0.29) is 6.92 Å². The molecular formula is C8H14BNO. The van der Waals surface area contributed by atoms with Gasteiger partial charge in [0.2, 0.25) is 0 Å². The van der Waals surface area contributed by atoms with Crippen LogP contribution in [0.3, 0.4) is 0 Å². The summed E-state index contributed by atoms with van der Waals surface area (Å²) >= 11 is 0. The van der Waals surface area contributed by atoms with Crippen LogP contribution in [0.1, 0.15) is 6.42 Å². The van der Waals surface area contributed by atoms with Crippen molar-refractivity contribution in [2.24, 2.45) is 0 Å². The lowest BCUT2D eigenvalue weighted by Crippen LogP contribution is -2.27. The Kier molecular flexibility index (Phi) is 2.77. The van der Waals surface area contributed by atoms with Gasteiger partial charge in [-0.15, -0.1) is 0 Å². The van der Waals surface area contributed by atoms with Gasteiger partial charge in [0.15, 0.2) is 0 Å². The van der Waals surface area contributed by atoms with Gasteiger partial charge in [-0.25, -0.2) is 0 Å². The maximum absolute atomic E-state index is 9.33. The third-order valence-corrected chi connectivity index (χ3v) is 1.90. The highest BCUT2D eigenvalue weighted by Gasteiger charge is 2.14. The molecule has 1 aliphatic rings. The second-order valence-corrected chi connectivity index (χ2v) is 2.91. The minimum absolute atomic E-state index is 0.359. The molecule has 0 saturated carbocycles. The highest BCUT2D eigenvalue weighted by Crippen LogP contribution is 2.09. The van der Waals surface area contributed by atoms with Crippen molar-refractivity contribution in [1.82, 2.24) is 4.90 Å². The lowest BCUT2D eigenvalue weighted by Gasteiger charge is -2.21. The standard InChI is InChI=1S/C8H14BNO/c1-9(11)8-6-4-3-5-7-10(8)2/h3-4,6,11H,5,7H2,1-2H3. The molecule has 1 aliphatic heterocycles. The van der Waals surface area contributed by atoms with Gasteiger partial charge in [-0.3, -0.25) is 0 Å². The highest BCUT2D eigenvalue weighted by molar-refractivity contribution is 6.57. The highest BCUT2D eigenvalue weighted by atomic mass is 16.2. The molecule has 0 aliphatic carbocycles. The first kappa shape index (κ1) is 8.40. The molecule has 0 saturated heterocycles. The molecule has 0 aromatic rings. The SMILES string of the molecule is CB(O)C1=CC=CCCN1C. The Morgan fingerprint density at radius 2 is 2.36 bits per heavy atom. The molecule has 60 valence electrons. The number of rotatable bonds is 1. The van der Waals surface area contributed by atoms with Crippen LogP contribution in [-0.2, 0) is 0 Å². The molecule has 2 nitrogen and oxygen atoms in total. The zero-order valence-electron chi connectivity index (χ0n) is 7.12. The lowest BCUT2D eigenvalue weighted by molar-refractivity contribution is 0.434. The Morgan fingerprint density at radius 3 is 3.00 bits per heavy atom. The smallest absolute Gasteiger partial charge is 0.337 e. The molecule has 3 heteroatoms. The molecule has 0 spiro atoms. The minimum Gasteiger partial charge on any atom is -0.446 e. The van der Waals surface area contributed by atoms with Crippen LogP contribution in [0.25, 0.3) is 0 Å². The first-order valence-electron chi connectivity index (χ1n) is 3.97. The normalized spacial score (nSPS) is 17.7. The predicted octanol–water partition coefficient (Wildman–Crippen LogP) is 0.915. The summed E-state index contributed by atoms with van der Waals surface area (Å²) in [5.41, 5.74) is 0.999. The van der Waals surface area contributed by atoms with E-state index in [9.17, 15) is 5.02 Å². The zero-order valence-corrected chi connectivity index (χ0v) is 7.12. The third-order valence-electron chi connectivity index (χ3n) is 1.90. The molecule has 0 aromatic carbocycles. The van der Waals surface area contributed by atoms with Crippen molar-refractivity contribution in [2.75, 3.05) is 13.6 Å². The lowest BCUT2D eigenvalue weighted by atomic mass is 9.67. The first-order valence-corrected chi connectivity index (χ1v) is 3.97. The second kappa shape index (κ2) is 3.63. The Labute approximate surface area is 68.3 Å². The van der Waals surface area contributed by atoms with Crippen molar-refractivity contribution in [1.29, 1.82) is 0 Å². The minimum atomic E-state index is -0.359. The van der Waals surface area contributed by atoms with Crippen molar-refractivity contribution >= 4 is 6.92 Å².